The molecule has 0 aliphatic carbocycles. The Kier molecular flexibility index (Phi) is 6.01. The summed E-state index contributed by atoms with van der Waals surface area (Å²) in [5.74, 6) is -1.34. The molecule has 2 amide bonds. The van der Waals surface area contributed by atoms with E-state index < -0.39 is 5.97 Å². The van der Waals surface area contributed by atoms with E-state index in [0.29, 0.717) is 18.0 Å². The fourth-order valence-electron chi connectivity index (χ4n) is 1.47. The number of carbonyl (C=O) groups excluding carboxylic acids is 2. The van der Waals surface area contributed by atoms with Crippen LogP contribution in [0.5, 0.6) is 0 Å². The molecule has 0 unspecified atom stereocenters. The van der Waals surface area contributed by atoms with Gasteiger partial charge in [-0.05, 0) is 11.4 Å². The van der Waals surface area contributed by atoms with Gasteiger partial charge in [-0.1, -0.05) is 6.07 Å². The third kappa shape index (κ3) is 5.52. The summed E-state index contributed by atoms with van der Waals surface area (Å²) < 4.78 is 0. The van der Waals surface area contributed by atoms with Crippen molar-refractivity contribution >= 4 is 29.1 Å². The smallest absolute Gasteiger partial charge is 0.305 e. The van der Waals surface area contributed by atoms with Gasteiger partial charge in [-0.25, -0.2) is 0 Å². The van der Waals surface area contributed by atoms with Crippen LogP contribution in [0.4, 0.5) is 0 Å². The summed E-state index contributed by atoms with van der Waals surface area (Å²) in [5, 5.41) is 13.1. The van der Waals surface area contributed by atoms with Gasteiger partial charge in [-0.2, -0.15) is 0 Å². The molecular weight excluding hydrogens is 268 g/mol. The maximum Gasteiger partial charge on any atom is 0.305 e. The lowest BCUT2D eigenvalue weighted by Gasteiger charge is -2.21. The fraction of sp³-hybridized carbons (Fsp3) is 0.417. The number of hydrogen-bond acceptors (Lipinski definition) is 4. The minimum atomic E-state index is -0.955. The molecule has 0 saturated carbocycles. The molecule has 1 heterocycles. The van der Waals surface area contributed by atoms with E-state index in [0.717, 1.165) is 0 Å². The molecule has 1 aromatic heterocycles. The lowest BCUT2D eigenvalue weighted by molar-refractivity contribution is -0.137. The van der Waals surface area contributed by atoms with Gasteiger partial charge in [-0.3, -0.25) is 14.4 Å². The second kappa shape index (κ2) is 7.52. The molecule has 0 bridgehead atoms. The Bertz CT molecular complexity index is 445. The first-order valence-electron chi connectivity index (χ1n) is 5.79. The molecule has 0 aliphatic heterocycles. The summed E-state index contributed by atoms with van der Waals surface area (Å²) in [7, 11) is 0. The first-order valence-corrected chi connectivity index (χ1v) is 6.67. The molecule has 6 nitrogen and oxygen atoms in total. The van der Waals surface area contributed by atoms with Crippen LogP contribution < -0.4 is 5.32 Å². The van der Waals surface area contributed by atoms with E-state index in [1.165, 1.54) is 23.2 Å². The van der Waals surface area contributed by atoms with Gasteiger partial charge in [-0.15, -0.1) is 11.3 Å². The van der Waals surface area contributed by atoms with Crippen LogP contribution in [0.3, 0.4) is 0 Å². The quantitative estimate of drug-likeness (QED) is 0.775. The number of nitrogens with zero attached hydrogens (tertiary/aromatic N) is 1. The van der Waals surface area contributed by atoms with Gasteiger partial charge in [0, 0.05) is 26.6 Å². The number of rotatable bonds is 7. The normalized spacial score (nSPS) is 9.95. The van der Waals surface area contributed by atoms with Crippen molar-refractivity contribution in [2.75, 3.05) is 19.6 Å². The van der Waals surface area contributed by atoms with Crippen molar-refractivity contribution in [3.63, 3.8) is 0 Å². The molecular formula is C12H16N2O4S. The molecule has 0 saturated heterocycles. The zero-order chi connectivity index (χ0) is 14.3. The summed E-state index contributed by atoms with van der Waals surface area (Å²) in [6.07, 6.45) is -0.114. The highest BCUT2D eigenvalue weighted by atomic mass is 32.1. The minimum Gasteiger partial charge on any atom is -0.481 e. The molecule has 0 radical (unpaired) electrons. The van der Waals surface area contributed by atoms with E-state index in [-0.39, 0.29) is 24.8 Å². The van der Waals surface area contributed by atoms with Crippen molar-refractivity contribution in [2.45, 2.75) is 13.3 Å². The Labute approximate surface area is 115 Å². The summed E-state index contributed by atoms with van der Waals surface area (Å²) in [5.41, 5.74) is 0. The monoisotopic (exact) mass is 284 g/mol. The number of thiophene rings is 1. The molecule has 0 fully saturated rings. The summed E-state index contributed by atoms with van der Waals surface area (Å²) in [6, 6.07) is 3.46. The average Bonchev–Trinajstić information content (AvgIpc) is 2.85. The largest absolute Gasteiger partial charge is 0.481 e. The third-order valence-corrected chi connectivity index (χ3v) is 3.23. The van der Waals surface area contributed by atoms with Crippen molar-refractivity contribution in [2.24, 2.45) is 0 Å². The predicted molar refractivity (Wildman–Crippen MR) is 71.2 cm³/mol. The summed E-state index contributed by atoms with van der Waals surface area (Å²) in [4.78, 5) is 35.5. The minimum absolute atomic E-state index is 0.114. The van der Waals surface area contributed by atoms with Crippen LogP contribution in [0.1, 0.15) is 23.0 Å². The lowest BCUT2D eigenvalue weighted by atomic mass is 10.3. The highest BCUT2D eigenvalue weighted by Gasteiger charge is 2.17. The number of nitrogens with one attached hydrogen (secondary N) is 1. The summed E-state index contributed by atoms with van der Waals surface area (Å²) in [6.45, 7) is 2.13. The first-order chi connectivity index (χ1) is 9.00. The molecule has 104 valence electrons. The number of amides is 2. The van der Waals surface area contributed by atoms with Crippen molar-refractivity contribution in [3.05, 3.63) is 22.4 Å². The van der Waals surface area contributed by atoms with Crippen molar-refractivity contribution < 1.29 is 19.5 Å². The Balaban J connectivity index is 2.60. The predicted octanol–water partition coefficient (Wildman–Crippen LogP) is 0.801. The van der Waals surface area contributed by atoms with Crippen LogP contribution in [0, 0.1) is 0 Å². The van der Waals surface area contributed by atoms with Crippen LogP contribution in [-0.4, -0.2) is 47.4 Å². The maximum atomic E-state index is 12.1. The van der Waals surface area contributed by atoms with Gasteiger partial charge < -0.3 is 15.3 Å². The SMILES string of the molecule is CC(=O)NCCN(CCC(=O)O)C(=O)c1cccs1. The van der Waals surface area contributed by atoms with E-state index in [1.807, 2.05) is 0 Å². The van der Waals surface area contributed by atoms with Gasteiger partial charge in [0.2, 0.25) is 5.91 Å². The van der Waals surface area contributed by atoms with E-state index in [9.17, 15) is 14.4 Å². The van der Waals surface area contributed by atoms with Crippen LogP contribution >= 0.6 is 11.3 Å². The number of carboxylic acids is 1. The molecule has 2 N–H and O–H groups in total. The van der Waals surface area contributed by atoms with Crippen LogP contribution in [0.2, 0.25) is 0 Å². The Morgan fingerprint density at radius 1 is 1.37 bits per heavy atom. The molecule has 0 aromatic carbocycles. The van der Waals surface area contributed by atoms with Crippen LogP contribution in [0.25, 0.3) is 0 Å². The van der Waals surface area contributed by atoms with Gasteiger partial charge in [0.25, 0.3) is 5.91 Å². The van der Waals surface area contributed by atoms with Crippen molar-refractivity contribution in [1.29, 1.82) is 0 Å². The van der Waals surface area contributed by atoms with Crippen LogP contribution in [-0.2, 0) is 9.59 Å². The average molecular weight is 284 g/mol. The van der Waals surface area contributed by atoms with E-state index in [4.69, 9.17) is 5.11 Å². The Morgan fingerprint density at radius 3 is 2.63 bits per heavy atom. The van der Waals surface area contributed by atoms with Gasteiger partial charge in [0.1, 0.15) is 0 Å². The van der Waals surface area contributed by atoms with Crippen LogP contribution in [0.15, 0.2) is 17.5 Å². The van der Waals surface area contributed by atoms with Gasteiger partial charge in [0.15, 0.2) is 0 Å². The molecule has 7 heteroatoms. The van der Waals surface area contributed by atoms with Crippen molar-refractivity contribution in [3.8, 4) is 0 Å². The third-order valence-electron chi connectivity index (χ3n) is 2.37. The number of carboxylic acid groups (broad SMARTS) is 1. The zero-order valence-electron chi connectivity index (χ0n) is 10.6. The lowest BCUT2D eigenvalue weighted by Crippen LogP contribution is -2.39. The fourth-order valence-corrected chi connectivity index (χ4v) is 2.16. The Morgan fingerprint density at radius 2 is 2.11 bits per heavy atom. The topological polar surface area (TPSA) is 86.7 Å². The number of carbonyl (C=O) groups is 3. The highest BCUT2D eigenvalue weighted by molar-refractivity contribution is 7.12. The standard InChI is InChI=1S/C12H16N2O4S/c1-9(15)13-5-7-14(6-4-11(16)17)12(18)10-3-2-8-19-10/h2-3,8H,4-7H2,1H3,(H,13,15)(H,16,17). The molecule has 0 aliphatic rings. The molecule has 19 heavy (non-hydrogen) atoms. The molecule has 0 atom stereocenters. The molecule has 0 spiro atoms. The molecule has 1 rings (SSSR count). The number of hydrogen-bond donors (Lipinski definition) is 2. The number of aliphatic carboxylic acids is 1. The second-order valence-corrected chi connectivity index (χ2v) is 4.84. The highest BCUT2D eigenvalue weighted by Crippen LogP contribution is 2.12. The van der Waals surface area contributed by atoms with Gasteiger partial charge >= 0.3 is 5.97 Å². The van der Waals surface area contributed by atoms with E-state index in [2.05, 4.69) is 5.32 Å². The first kappa shape index (κ1) is 15.2. The Hall–Kier alpha value is -1.89. The maximum absolute atomic E-state index is 12.1. The van der Waals surface area contributed by atoms with E-state index >= 15 is 0 Å². The molecule has 1 aromatic rings. The van der Waals surface area contributed by atoms with Gasteiger partial charge in [0.05, 0.1) is 11.3 Å². The zero-order valence-corrected chi connectivity index (χ0v) is 11.4. The van der Waals surface area contributed by atoms with Crippen molar-refractivity contribution in [1.82, 2.24) is 10.2 Å². The second-order valence-electron chi connectivity index (χ2n) is 3.90. The van der Waals surface area contributed by atoms with E-state index in [1.54, 1.807) is 17.5 Å². The summed E-state index contributed by atoms with van der Waals surface area (Å²) >= 11 is 1.31.